The van der Waals surface area contributed by atoms with Crippen molar-refractivity contribution in [2.45, 2.75) is 0 Å². The summed E-state index contributed by atoms with van der Waals surface area (Å²) in [5.74, 6) is 1.05. The van der Waals surface area contributed by atoms with E-state index in [1.165, 1.54) is 0 Å². The van der Waals surface area contributed by atoms with Crippen LogP contribution in [0.4, 0.5) is 0 Å². The quantitative estimate of drug-likeness (QED) is 0.558. The summed E-state index contributed by atoms with van der Waals surface area (Å²) in [6, 6.07) is 8.59. The van der Waals surface area contributed by atoms with Crippen LogP contribution < -0.4 is 10.2 Å². The molecular weight excluding hydrogens is 333 g/mol. The molecule has 1 N–H and O–H groups in total. The van der Waals surface area contributed by atoms with Crippen LogP contribution in [0, 0.1) is 0 Å². The molecule has 0 unspecified atom stereocenters. The van der Waals surface area contributed by atoms with E-state index >= 15 is 0 Å². The lowest BCUT2D eigenvalue weighted by molar-refractivity contribution is 0.343. The van der Waals surface area contributed by atoms with Crippen molar-refractivity contribution in [2.75, 3.05) is 12.5 Å². The number of halogens is 3. The molecule has 1 aromatic heterocycles. The monoisotopic (exact) mass is 341 g/mol. The molecule has 2 aromatic carbocycles. The molecule has 0 aliphatic heterocycles. The standard InChI is InChI=1S/C15H10Cl3NO2/c16-5-6-21-8-1-2-9-12(7-8)19-11-4-3-10(17)14(18)13(11)15(9)20/h1-4,7H,5-6H2,(H,19,20). The molecule has 3 nitrogen and oxygen atoms in total. The molecule has 3 rings (SSSR count). The van der Waals surface area contributed by atoms with Crippen molar-refractivity contribution in [3.8, 4) is 5.75 Å². The van der Waals surface area contributed by atoms with Gasteiger partial charge >= 0.3 is 0 Å². The van der Waals surface area contributed by atoms with Gasteiger partial charge in [-0.25, -0.2) is 0 Å². The van der Waals surface area contributed by atoms with E-state index in [0.717, 1.165) is 0 Å². The van der Waals surface area contributed by atoms with Gasteiger partial charge in [0.15, 0.2) is 5.43 Å². The van der Waals surface area contributed by atoms with Gasteiger partial charge < -0.3 is 9.72 Å². The van der Waals surface area contributed by atoms with Crippen LogP contribution in [0.3, 0.4) is 0 Å². The Balaban J connectivity index is 2.29. The highest BCUT2D eigenvalue weighted by atomic mass is 35.5. The number of aromatic nitrogens is 1. The van der Waals surface area contributed by atoms with Crippen LogP contribution in [-0.4, -0.2) is 17.5 Å². The minimum atomic E-state index is -0.157. The molecule has 0 bridgehead atoms. The van der Waals surface area contributed by atoms with E-state index in [0.29, 0.717) is 45.1 Å². The summed E-state index contributed by atoms with van der Waals surface area (Å²) < 4.78 is 5.46. The summed E-state index contributed by atoms with van der Waals surface area (Å²) >= 11 is 17.7. The van der Waals surface area contributed by atoms with E-state index in [2.05, 4.69) is 4.98 Å². The number of alkyl halides is 1. The molecular formula is C15H10Cl3NO2. The first-order valence-electron chi connectivity index (χ1n) is 6.24. The molecule has 0 amide bonds. The number of hydrogen-bond acceptors (Lipinski definition) is 2. The fourth-order valence-electron chi connectivity index (χ4n) is 2.23. The Morgan fingerprint density at radius 2 is 1.90 bits per heavy atom. The first kappa shape index (κ1) is 14.5. The molecule has 0 saturated heterocycles. The molecule has 108 valence electrons. The Hall–Kier alpha value is -1.42. The number of H-pyrrole nitrogens is 1. The van der Waals surface area contributed by atoms with Gasteiger partial charge in [0.1, 0.15) is 12.4 Å². The minimum Gasteiger partial charge on any atom is -0.492 e. The zero-order valence-corrected chi connectivity index (χ0v) is 13.0. The average Bonchev–Trinajstić information content (AvgIpc) is 2.48. The zero-order valence-electron chi connectivity index (χ0n) is 10.8. The van der Waals surface area contributed by atoms with Gasteiger partial charge in [-0.15, -0.1) is 11.6 Å². The summed E-state index contributed by atoms with van der Waals surface area (Å²) in [6.45, 7) is 0.409. The lowest BCUT2D eigenvalue weighted by atomic mass is 10.1. The first-order valence-corrected chi connectivity index (χ1v) is 7.53. The summed E-state index contributed by atoms with van der Waals surface area (Å²) in [7, 11) is 0. The van der Waals surface area contributed by atoms with Gasteiger partial charge in [0.25, 0.3) is 0 Å². The first-order chi connectivity index (χ1) is 10.1. The van der Waals surface area contributed by atoms with Gasteiger partial charge in [-0.3, -0.25) is 4.79 Å². The van der Waals surface area contributed by atoms with Crippen LogP contribution in [0.25, 0.3) is 21.8 Å². The van der Waals surface area contributed by atoms with Gasteiger partial charge in [-0.05, 0) is 24.3 Å². The van der Waals surface area contributed by atoms with Crippen molar-refractivity contribution in [3.63, 3.8) is 0 Å². The van der Waals surface area contributed by atoms with Crippen LogP contribution >= 0.6 is 34.8 Å². The van der Waals surface area contributed by atoms with Crippen molar-refractivity contribution < 1.29 is 4.74 Å². The summed E-state index contributed by atoms with van der Waals surface area (Å²) in [5, 5.41) is 1.55. The molecule has 6 heteroatoms. The predicted molar refractivity (Wildman–Crippen MR) is 88.3 cm³/mol. The second kappa shape index (κ2) is 5.76. The normalized spacial score (nSPS) is 11.2. The number of benzene rings is 2. The Bertz CT molecular complexity index is 889. The van der Waals surface area contributed by atoms with Crippen LogP contribution in [0.15, 0.2) is 35.1 Å². The van der Waals surface area contributed by atoms with E-state index in [9.17, 15) is 4.79 Å². The number of pyridine rings is 1. The van der Waals surface area contributed by atoms with E-state index < -0.39 is 0 Å². The smallest absolute Gasteiger partial charge is 0.198 e. The second-order valence-corrected chi connectivity index (χ2v) is 5.65. The minimum absolute atomic E-state index is 0.157. The number of fused-ring (bicyclic) bond motifs is 2. The molecule has 3 aromatic rings. The highest BCUT2D eigenvalue weighted by Gasteiger charge is 2.11. The highest BCUT2D eigenvalue weighted by Crippen LogP contribution is 2.29. The van der Waals surface area contributed by atoms with Gasteiger partial charge in [0.2, 0.25) is 0 Å². The molecule has 0 fully saturated rings. The molecule has 21 heavy (non-hydrogen) atoms. The number of nitrogens with one attached hydrogen (secondary N) is 1. The topological polar surface area (TPSA) is 42.1 Å². The van der Waals surface area contributed by atoms with E-state index in [-0.39, 0.29) is 10.5 Å². The SMILES string of the molecule is O=c1c2ccc(OCCCl)cc2[nH]c2ccc(Cl)c(Cl)c12. The fraction of sp³-hybridized carbons (Fsp3) is 0.133. The summed E-state index contributed by atoms with van der Waals surface area (Å²) in [4.78, 5) is 15.7. The maximum atomic E-state index is 12.6. The Morgan fingerprint density at radius 3 is 2.67 bits per heavy atom. The largest absolute Gasteiger partial charge is 0.492 e. The zero-order chi connectivity index (χ0) is 15.0. The third kappa shape index (κ3) is 2.57. The summed E-state index contributed by atoms with van der Waals surface area (Å²) in [6.07, 6.45) is 0. The Morgan fingerprint density at radius 1 is 1.10 bits per heavy atom. The third-order valence-corrected chi connectivity index (χ3v) is 4.13. The van der Waals surface area contributed by atoms with Crippen molar-refractivity contribution >= 4 is 56.6 Å². The van der Waals surface area contributed by atoms with Crippen molar-refractivity contribution in [1.29, 1.82) is 0 Å². The number of ether oxygens (including phenoxy) is 1. The van der Waals surface area contributed by atoms with E-state index in [4.69, 9.17) is 39.5 Å². The Labute approximate surface area is 135 Å². The predicted octanol–water partition coefficient (Wildman–Crippen LogP) is 4.61. The maximum Gasteiger partial charge on any atom is 0.198 e. The lowest BCUT2D eigenvalue weighted by Crippen LogP contribution is -2.05. The van der Waals surface area contributed by atoms with Crippen LogP contribution in [0.1, 0.15) is 0 Å². The lowest BCUT2D eigenvalue weighted by Gasteiger charge is -2.08. The van der Waals surface area contributed by atoms with Crippen LogP contribution in [0.5, 0.6) is 5.75 Å². The molecule has 0 aliphatic carbocycles. The number of rotatable bonds is 3. The highest BCUT2D eigenvalue weighted by molar-refractivity contribution is 6.45. The average molecular weight is 343 g/mol. The van der Waals surface area contributed by atoms with Crippen molar-refractivity contribution in [3.05, 3.63) is 50.6 Å². The third-order valence-electron chi connectivity index (χ3n) is 3.17. The second-order valence-electron chi connectivity index (χ2n) is 4.48. The van der Waals surface area contributed by atoms with E-state index in [1.54, 1.807) is 30.3 Å². The fourth-order valence-corrected chi connectivity index (χ4v) is 2.71. The van der Waals surface area contributed by atoms with Gasteiger partial charge in [-0.1, -0.05) is 23.2 Å². The summed E-state index contributed by atoms with van der Waals surface area (Å²) in [5.41, 5.74) is 1.16. The number of aromatic amines is 1. The molecule has 1 heterocycles. The molecule has 0 radical (unpaired) electrons. The van der Waals surface area contributed by atoms with Gasteiger partial charge in [0.05, 0.1) is 32.3 Å². The molecule has 0 aliphatic rings. The van der Waals surface area contributed by atoms with E-state index in [1.807, 2.05) is 0 Å². The van der Waals surface area contributed by atoms with Crippen molar-refractivity contribution in [2.24, 2.45) is 0 Å². The molecule has 0 atom stereocenters. The van der Waals surface area contributed by atoms with Crippen molar-refractivity contribution in [1.82, 2.24) is 4.98 Å². The van der Waals surface area contributed by atoms with Gasteiger partial charge in [0, 0.05) is 11.5 Å². The number of hydrogen-bond donors (Lipinski definition) is 1. The molecule has 0 spiro atoms. The van der Waals surface area contributed by atoms with Crippen LogP contribution in [-0.2, 0) is 0 Å². The Kier molecular flexibility index (Phi) is 3.98. The van der Waals surface area contributed by atoms with Gasteiger partial charge in [-0.2, -0.15) is 0 Å². The van der Waals surface area contributed by atoms with Crippen LogP contribution in [0.2, 0.25) is 10.0 Å². The maximum absolute atomic E-state index is 12.6. The molecule has 0 saturated carbocycles.